The van der Waals surface area contributed by atoms with Crippen molar-refractivity contribution in [3.8, 4) is 0 Å². The first kappa shape index (κ1) is 12.4. The fourth-order valence-corrected chi connectivity index (χ4v) is 1.29. The van der Waals surface area contributed by atoms with Gasteiger partial charge in [-0.3, -0.25) is 14.9 Å². The van der Waals surface area contributed by atoms with E-state index in [4.69, 9.17) is 11.6 Å². The minimum Gasteiger partial charge on any atom is -0.274 e. The van der Waals surface area contributed by atoms with E-state index in [1.807, 2.05) is 0 Å². The number of carbonyl (C=O) groups excluding carboxylic acids is 1. The highest BCUT2D eigenvalue weighted by Gasteiger charge is 2.27. The van der Waals surface area contributed by atoms with Crippen LogP contribution in [0.1, 0.15) is 28.2 Å². The molecule has 0 aliphatic heterocycles. The summed E-state index contributed by atoms with van der Waals surface area (Å²) in [7, 11) is 0. The molecular formula is C8H5ClF2N2O3. The summed E-state index contributed by atoms with van der Waals surface area (Å²) in [4.78, 5) is 23.8. The van der Waals surface area contributed by atoms with Gasteiger partial charge < -0.3 is 0 Å². The molecule has 1 rings (SSSR count). The highest BCUT2D eigenvalue weighted by atomic mass is 35.5. The Balaban J connectivity index is 3.51. The van der Waals surface area contributed by atoms with Crippen LogP contribution in [0.25, 0.3) is 0 Å². The van der Waals surface area contributed by atoms with Crippen LogP contribution < -0.4 is 0 Å². The van der Waals surface area contributed by atoms with Crippen LogP contribution in [-0.2, 0) is 0 Å². The average molecular weight is 251 g/mol. The fraction of sp³-hybridized carbons (Fsp3) is 0.250. The minimum absolute atomic E-state index is 0.271. The molecule has 0 aliphatic carbocycles. The molecule has 8 heteroatoms. The van der Waals surface area contributed by atoms with Gasteiger partial charge in [-0.1, -0.05) is 0 Å². The van der Waals surface area contributed by atoms with E-state index in [-0.39, 0.29) is 5.69 Å². The quantitative estimate of drug-likeness (QED) is 0.469. The van der Waals surface area contributed by atoms with E-state index < -0.39 is 33.5 Å². The van der Waals surface area contributed by atoms with Crippen molar-refractivity contribution in [2.24, 2.45) is 0 Å². The van der Waals surface area contributed by atoms with Crippen molar-refractivity contribution < 1.29 is 18.5 Å². The lowest BCUT2D eigenvalue weighted by Crippen LogP contribution is -2.05. The van der Waals surface area contributed by atoms with Crippen molar-refractivity contribution in [1.29, 1.82) is 0 Å². The van der Waals surface area contributed by atoms with Crippen molar-refractivity contribution in [3.63, 3.8) is 0 Å². The van der Waals surface area contributed by atoms with Gasteiger partial charge in [0.05, 0.1) is 10.5 Å². The summed E-state index contributed by atoms with van der Waals surface area (Å²) in [5.74, 6) is 0. The van der Waals surface area contributed by atoms with Crippen molar-refractivity contribution in [2.45, 2.75) is 13.3 Å². The number of carbonyl (C=O) groups is 1. The van der Waals surface area contributed by atoms with Crippen LogP contribution in [0.2, 0.25) is 0 Å². The zero-order chi connectivity index (χ0) is 12.5. The predicted octanol–water partition coefficient (Wildman–Crippen LogP) is 2.61. The van der Waals surface area contributed by atoms with Crippen molar-refractivity contribution in [1.82, 2.24) is 4.98 Å². The third-order valence-corrected chi connectivity index (χ3v) is 2.01. The van der Waals surface area contributed by atoms with Crippen LogP contribution in [0.15, 0.2) is 6.07 Å². The summed E-state index contributed by atoms with van der Waals surface area (Å²) in [5.41, 5.74) is -2.36. The molecule has 16 heavy (non-hydrogen) atoms. The summed E-state index contributed by atoms with van der Waals surface area (Å²) in [6, 6.07) is 0.630. The lowest BCUT2D eigenvalue weighted by atomic mass is 10.1. The Labute approximate surface area is 93.2 Å². The van der Waals surface area contributed by atoms with Crippen LogP contribution in [-0.4, -0.2) is 15.1 Å². The monoisotopic (exact) mass is 250 g/mol. The molecule has 0 bridgehead atoms. The molecule has 1 aromatic rings. The fourth-order valence-electron chi connectivity index (χ4n) is 1.19. The topological polar surface area (TPSA) is 73.1 Å². The molecule has 0 spiro atoms. The number of hydrogen-bond acceptors (Lipinski definition) is 4. The molecule has 1 aromatic heterocycles. The second kappa shape index (κ2) is 4.48. The first-order chi connectivity index (χ1) is 7.34. The van der Waals surface area contributed by atoms with Crippen LogP contribution in [0, 0.1) is 17.0 Å². The molecule has 0 atom stereocenters. The molecule has 0 saturated heterocycles. The third-order valence-electron chi connectivity index (χ3n) is 1.82. The number of hydrogen-bond donors (Lipinski definition) is 0. The van der Waals surface area contributed by atoms with Gasteiger partial charge in [0.2, 0.25) is 0 Å². The summed E-state index contributed by atoms with van der Waals surface area (Å²) in [6.07, 6.45) is -3.07. The van der Waals surface area contributed by atoms with Crippen molar-refractivity contribution in [2.75, 3.05) is 0 Å². The molecule has 0 radical (unpaired) electrons. The maximum absolute atomic E-state index is 12.5. The molecule has 0 aliphatic rings. The van der Waals surface area contributed by atoms with Crippen molar-refractivity contribution >= 4 is 22.5 Å². The Hall–Kier alpha value is -1.63. The minimum atomic E-state index is -3.07. The van der Waals surface area contributed by atoms with E-state index in [1.165, 1.54) is 0 Å². The molecule has 0 fully saturated rings. The highest BCUT2D eigenvalue weighted by molar-refractivity contribution is 6.67. The molecule has 0 N–H and O–H groups in total. The Morgan fingerprint density at radius 3 is 2.56 bits per heavy atom. The van der Waals surface area contributed by atoms with Gasteiger partial charge in [-0.05, 0) is 24.6 Å². The first-order valence-corrected chi connectivity index (χ1v) is 4.36. The van der Waals surface area contributed by atoms with Gasteiger partial charge in [0.1, 0.15) is 11.4 Å². The van der Waals surface area contributed by atoms with Crippen LogP contribution in [0.3, 0.4) is 0 Å². The molecule has 0 unspecified atom stereocenters. The molecule has 0 saturated carbocycles. The van der Waals surface area contributed by atoms with Crippen LogP contribution in [0.4, 0.5) is 14.5 Å². The number of nitro groups is 1. The largest absolute Gasteiger partial charge is 0.299 e. The summed E-state index contributed by atoms with van der Waals surface area (Å²) < 4.78 is 25.0. The van der Waals surface area contributed by atoms with Gasteiger partial charge in [-0.25, -0.2) is 13.8 Å². The third kappa shape index (κ3) is 2.30. The Morgan fingerprint density at radius 2 is 2.19 bits per heavy atom. The van der Waals surface area contributed by atoms with Gasteiger partial charge >= 0.3 is 0 Å². The number of aryl methyl sites for hydroxylation is 1. The normalized spacial score (nSPS) is 10.6. The van der Waals surface area contributed by atoms with Gasteiger partial charge in [0, 0.05) is 0 Å². The summed E-state index contributed by atoms with van der Waals surface area (Å²) >= 11 is 5.07. The van der Waals surface area contributed by atoms with Gasteiger partial charge in [0.25, 0.3) is 17.4 Å². The highest BCUT2D eigenvalue weighted by Crippen LogP contribution is 2.31. The standard InChI is InChI=1S/C8H5ClF2N2O3/c1-3-6(13(15)16)4(8(10)11)2-5(12-3)7(9)14/h2,8H,1H3. The van der Waals surface area contributed by atoms with E-state index in [1.54, 1.807) is 0 Å². The predicted molar refractivity (Wildman–Crippen MR) is 50.8 cm³/mol. The number of aromatic nitrogens is 1. The number of halogens is 3. The number of alkyl halides is 2. The average Bonchev–Trinajstić information content (AvgIpc) is 2.15. The second-order valence-electron chi connectivity index (χ2n) is 2.86. The van der Waals surface area contributed by atoms with Gasteiger partial charge in [0.15, 0.2) is 0 Å². The smallest absolute Gasteiger partial charge is 0.274 e. The summed E-state index contributed by atoms with van der Waals surface area (Å²) in [5, 5.41) is 9.50. The molecule has 0 aromatic carbocycles. The lowest BCUT2D eigenvalue weighted by Gasteiger charge is -2.05. The Morgan fingerprint density at radius 1 is 1.62 bits per heavy atom. The first-order valence-electron chi connectivity index (χ1n) is 3.98. The maximum Gasteiger partial charge on any atom is 0.299 e. The van der Waals surface area contributed by atoms with Crippen molar-refractivity contribution in [3.05, 3.63) is 33.1 Å². The second-order valence-corrected chi connectivity index (χ2v) is 3.21. The van der Waals surface area contributed by atoms with E-state index >= 15 is 0 Å². The Kier molecular flexibility index (Phi) is 3.48. The maximum atomic E-state index is 12.5. The molecule has 0 amide bonds. The molecule has 5 nitrogen and oxygen atoms in total. The van der Waals surface area contributed by atoms with Gasteiger partial charge in [-0.2, -0.15) is 0 Å². The van der Waals surface area contributed by atoms with E-state index in [0.29, 0.717) is 6.07 Å². The van der Waals surface area contributed by atoms with E-state index in [0.717, 1.165) is 6.92 Å². The lowest BCUT2D eigenvalue weighted by molar-refractivity contribution is -0.387. The van der Waals surface area contributed by atoms with E-state index in [2.05, 4.69) is 4.98 Å². The van der Waals surface area contributed by atoms with Crippen LogP contribution >= 0.6 is 11.6 Å². The summed E-state index contributed by atoms with van der Waals surface area (Å²) in [6.45, 7) is 1.16. The molecule has 1 heterocycles. The number of nitrogens with zero attached hydrogens (tertiary/aromatic N) is 2. The molecular weight excluding hydrogens is 246 g/mol. The SMILES string of the molecule is Cc1nc(C(=O)Cl)cc(C(F)F)c1[N+](=O)[O-]. The van der Waals surface area contributed by atoms with Gasteiger partial charge in [-0.15, -0.1) is 0 Å². The molecule has 86 valence electrons. The number of rotatable bonds is 3. The number of pyridine rings is 1. The van der Waals surface area contributed by atoms with E-state index in [9.17, 15) is 23.7 Å². The zero-order valence-electron chi connectivity index (χ0n) is 7.91. The van der Waals surface area contributed by atoms with Crippen LogP contribution in [0.5, 0.6) is 0 Å². The zero-order valence-corrected chi connectivity index (χ0v) is 8.66. The Bertz CT molecular complexity index is 465.